The lowest BCUT2D eigenvalue weighted by molar-refractivity contribution is 0.415. The Morgan fingerprint density at radius 1 is 1.05 bits per heavy atom. The lowest BCUT2D eigenvalue weighted by Gasteiger charge is -2.20. The van der Waals surface area contributed by atoms with E-state index in [1.165, 1.54) is 5.56 Å². The molecular weight excluding hydrogens is 324 g/mol. The van der Waals surface area contributed by atoms with Gasteiger partial charge in [-0.1, -0.05) is 70.9 Å². The third-order valence-electron chi connectivity index (χ3n) is 3.26. The average Bonchev–Trinajstić information content (AvgIpc) is 2.46. The summed E-state index contributed by atoms with van der Waals surface area (Å²) in [6, 6.07) is 16.4. The van der Waals surface area contributed by atoms with E-state index in [9.17, 15) is 0 Å². The quantitative estimate of drug-likeness (QED) is 0.660. The van der Waals surface area contributed by atoms with Gasteiger partial charge in [-0.05, 0) is 29.2 Å². The number of hydrogen-bond donors (Lipinski definition) is 0. The van der Waals surface area contributed by atoms with E-state index in [0.29, 0.717) is 16.7 Å². The van der Waals surface area contributed by atoms with E-state index in [1.54, 1.807) is 7.11 Å². The molecule has 2 aromatic rings. The van der Waals surface area contributed by atoms with Crippen LogP contribution in [-0.2, 0) is 0 Å². The van der Waals surface area contributed by atoms with E-state index < -0.39 is 0 Å². The van der Waals surface area contributed by atoms with Gasteiger partial charge in [0, 0.05) is 4.83 Å². The molecule has 19 heavy (non-hydrogen) atoms. The highest BCUT2D eigenvalue weighted by atomic mass is 79.9. The first-order valence-corrected chi connectivity index (χ1v) is 7.45. The maximum atomic E-state index is 6.18. The Bertz CT molecular complexity index is 542. The van der Waals surface area contributed by atoms with Crippen LogP contribution in [0.5, 0.6) is 5.75 Å². The van der Waals surface area contributed by atoms with Gasteiger partial charge in [-0.15, -0.1) is 0 Å². The predicted octanol–water partition coefficient (Wildman–Crippen LogP) is 5.59. The standard InChI is InChI=1S/C16H16BrClO/c1-11(12-6-4-3-5-7-12)16(17)13-8-9-15(19-2)14(18)10-13/h3-11,16H,1-2H3. The van der Waals surface area contributed by atoms with Gasteiger partial charge in [-0.2, -0.15) is 0 Å². The zero-order valence-electron chi connectivity index (χ0n) is 10.9. The van der Waals surface area contributed by atoms with Crippen molar-refractivity contribution in [3.63, 3.8) is 0 Å². The summed E-state index contributed by atoms with van der Waals surface area (Å²) in [5, 5.41) is 0.643. The Labute approximate surface area is 127 Å². The predicted molar refractivity (Wildman–Crippen MR) is 84.5 cm³/mol. The van der Waals surface area contributed by atoms with Crippen molar-refractivity contribution >= 4 is 27.5 Å². The van der Waals surface area contributed by atoms with Crippen LogP contribution in [0.15, 0.2) is 48.5 Å². The Balaban J connectivity index is 2.24. The molecule has 2 atom stereocenters. The summed E-state index contributed by atoms with van der Waals surface area (Å²) in [6.45, 7) is 2.20. The van der Waals surface area contributed by atoms with Crippen LogP contribution < -0.4 is 4.74 Å². The monoisotopic (exact) mass is 338 g/mol. The molecule has 0 amide bonds. The fourth-order valence-corrected chi connectivity index (χ4v) is 2.92. The summed E-state index contributed by atoms with van der Waals surface area (Å²) in [7, 11) is 1.62. The molecule has 0 aliphatic rings. The second kappa shape index (κ2) is 6.44. The number of rotatable bonds is 4. The van der Waals surface area contributed by atoms with Gasteiger partial charge in [0.1, 0.15) is 5.75 Å². The lowest BCUT2D eigenvalue weighted by Crippen LogP contribution is -2.02. The van der Waals surface area contributed by atoms with Crippen LogP contribution in [-0.4, -0.2) is 7.11 Å². The highest BCUT2D eigenvalue weighted by Crippen LogP contribution is 2.39. The highest BCUT2D eigenvalue weighted by Gasteiger charge is 2.18. The van der Waals surface area contributed by atoms with Gasteiger partial charge < -0.3 is 4.74 Å². The molecule has 1 nitrogen and oxygen atoms in total. The molecule has 2 unspecified atom stereocenters. The number of ether oxygens (including phenoxy) is 1. The van der Waals surface area contributed by atoms with Crippen molar-refractivity contribution in [2.75, 3.05) is 7.11 Å². The molecule has 0 radical (unpaired) electrons. The summed E-state index contributed by atoms with van der Waals surface area (Å²) in [4.78, 5) is 0.221. The smallest absolute Gasteiger partial charge is 0.137 e. The van der Waals surface area contributed by atoms with Crippen molar-refractivity contribution in [1.29, 1.82) is 0 Å². The fourth-order valence-electron chi connectivity index (χ4n) is 2.07. The van der Waals surface area contributed by atoms with E-state index >= 15 is 0 Å². The number of alkyl halides is 1. The SMILES string of the molecule is COc1ccc(C(Br)C(C)c2ccccc2)cc1Cl. The minimum atomic E-state index is 0.221. The molecule has 0 aliphatic carbocycles. The second-order valence-corrected chi connectivity index (χ2v) is 5.89. The molecule has 0 aliphatic heterocycles. The van der Waals surface area contributed by atoms with Gasteiger partial charge in [-0.25, -0.2) is 0 Å². The summed E-state index contributed by atoms with van der Waals surface area (Å²) >= 11 is 9.95. The Kier molecular flexibility index (Phi) is 4.89. The summed E-state index contributed by atoms with van der Waals surface area (Å²) in [6.07, 6.45) is 0. The molecular formula is C16H16BrClO. The van der Waals surface area contributed by atoms with Gasteiger partial charge in [-0.3, -0.25) is 0 Å². The van der Waals surface area contributed by atoms with E-state index in [2.05, 4.69) is 47.1 Å². The van der Waals surface area contributed by atoms with Crippen molar-refractivity contribution in [2.45, 2.75) is 17.7 Å². The molecule has 2 aromatic carbocycles. The molecule has 100 valence electrons. The van der Waals surface area contributed by atoms with Crippen LogP contribution in [0, 0.1) is 0 Å². The van der Waals surface area contributed by atoms with Crippen LogP contribution in [0.1, 0.15) is 28.8 Å². The Hall–Kier alpha value is -0.990. The summed E-state index contributed by atoms with van der Waals surface area (Å²) < 4.78 is 5.18. The third kappa shape index (κ3) is 3.31. The average molecular weight is 340 g/mol. The van der Waals surface area contributed by atoms with Crippen LogP contribution in [0.25, 0.3) is 0 Å². The maximum absolute atomic E-state index is 6.18. The van der Waals surface area contributed by atoms with Crippen molar-refractivity contribution in [3.05, 3.63) is 64.7 Å². The zero-order valence-corrected chi connectivity index (χ0v) is 13.3. The van der Waals surface area contributed by atoms with Crippen molar-refractivity contribution in [1.82, 2.24) is 0 Å². The van der Waals surface area contributed by atoms with Crippen molar-refractivity contribution < 1.29 is 4.74 Å². The van der Waals surface area contributed by atoms with Gasteiger partial charge in [0.2, 0.25) is 0 Å². The van der Waals surface area contributed by atoms with Crippen LogP contribution in [0.2, 0.25) is 5.02 Å². The molecule has 0 fully saturated rings. The normalized spacial score (nSPS) is 13.9. The van der Waals surface area contributed by atoms with E-state index in [4.69, 9.17) is 16.3 Å². The number of hydrogen-bond acceptors (Lipinski definition) is 1. The van der Waals surface area contributed by atoms with Crippen molar-refractivity contribution in [2.24, 2.45) is 0 Å². The van der Waals surface area contributed by atoms with Crippen LogP contribution in [0.4, 0.5) is 0 Å². The molecule has 0 saturated heterocycles. The fraction of sp³-hybridized carbons (Fsp3) is 0.250. The third-order valence-corrected chi connectivity index (χ3v) is 4.88. The second-order valence-electron chi connectivity index (χ2n) is 4.50. The maximum Gasteiger partial charge on any atom is 0.137 e. The first-order chi connectivity index (χ1) is 9.13. The highest BCUT2D eigenvalue weighted by molar-refractivity contribution is 9.09. The summed E-state index contributed by atoms with van der Waals surface area (Å²) in [5.41, 5.74) is 2.46. The van der Waals surface area contributed by atoms with Gasteiger partial charge in [0.15, 0.2) is 0 Å². The number of halogens is 2. The van der Waals surface area contributed by atoms with E-state index in [1.807, 2.05) is 24.3 Å². The topological polar surface area (TPSA) is 9.23 Å². The van der Waals surface area contributed by atoms with Gasteiger partial charge in [0.05, 0.1) is 12.1 Å². The molecule has 0 aromatic heterocycles. The minimum Gasteiger partial charge on any atom is -0.495 e. The lowest BCUT2D eigenvalue weighted by atomic mass is 9.93. The first-order valence-electron chi connectivity index (χ1n) is 6.16. The molecule has 0 bridgehead atoms. The number of methoxy groups -OCH3 is 1. The van der Waals surface area contributed by atoms with Gasteiger partial charge >= 0.3 is 0 Å². The Morgan fingerprint density at radius 2 is 1.74 bits per heavy atom. The van der Waals surface area contributed by atoms with Crippen LogP contribution >= 0.6 is 27.5 Å². The van der Waals surface area contributed by atoms with Gasteiger partial charge in [0.25, 0.3) is 0 Å². The summed E-state index contributed by atoms with van der Waals surface area (Å²) in [5.74, 6) is 1.07. The molecule has 2 rings (SSSR count). The first kappa shape index (κ1) is 14.4. The molecule has 0 spiro atoms. The molecule has 0 saturated carbocycles. The van der Waals surface area contributed by atoms with E-state index in [0.717, 1.165) is 5.56 Å². The molecule has 3 heteroatoms. The minimum absolute atomic E-state index is 0.221. The molecule has 0 N–H and O–H groups in total. The molecule has 0 heterocycles. The largest absolute Gasteiger partial charge is 0.495 e. The van der Waals surface area contributed by atoms with Crippen molar-refractivity contribution in [3.8, 4) is 5.75 Å². The zero-order chi connectivity index (χ0) is 13.8. The van der Waals surface area contributed by atoms with E-state index in [-0.39, 0.29) is 4.83 Å². The number of benzene rings is 2. The Morgan fingerprint density at radius 3 is 2.32 bits per heavy atom. The van der Waals surface area contributed by atoms with Crippen LogP contribution in [0.3, 0.4) is 0 Å².